The summed E-state index contributed by atoms with van der Waals surface area (Å²) in [5.41, 5.74) is 7.17. The number of hydrogen-bond donors (Lipinski definition) is 4. The number of alkyl halides is 3. The molecule has 1 amide bonds. The number of hydrogen-bond acceptors (Lipinski definition) is 4. The summed E-state index contributed by atoms with van der Waals surface area (Å²) < 4.78 is 53.1. The second kappa shape index (κ2) is 12.3. The van der Waals surface area contributed by atoms with Gasteiger partial charge in [0.05, 0.1) is 11.6 Å². The van der Waals surface area contributed by atoms with Gasteiger partial charge in [-0.2, -0.15) is 13.2 Å². The monoisotopic (exact) mass is 533 g/mol. The highest BCUT2D eigenvalue weighted by atomic mass is 19.4. The van der Waals surface area contributed by atoms with Gasteiger partial charge in [-0.25, -0.2) is 20.2 Å². The minimum absolute atomic E-state index is 0.00654. The van der Waals surface area contributed by atoms with E-state index in [0.717, 1.165) is 74.8 Å². The van der Waals surface area contributed by atoms with Crippen LogP contribution in [0.5, 0.6) is 0 Å². The Morgan fingerprint density at radius 2 is 1.79 bits per heavy atom. The van der Waals surface area contributed by atoms with E-state index in [1.807, 2.05) is 6.07 Å². The fourth-order valence-corrected chi connectivity index (χ4v) is 4.62. The van der Waals surface area contributed by atoms with Crippen LogP contribution in [0.1, 0.15) is 85.0 Å². The molecule has 0 bridgehead atoms. The molecule has 3 atom stereocenters. The number of aryl methyl sites for hydroxylation is 1. The lowest BCUT2D eigenvalue weighted by Gasteiger charge is -2.22. The largest absolute Gasteiger partial charge is 0.416 e. The third-order valence-corrected chi connectivity index (χ3v) is 7.06. The number of halogens is 4. The molecule has 2 aromatic rings. The zero-order valence-corrected chi connectivity index (χ0v) is 21.7. The lowest BCUT2D eigenvalue weighted by Crippen LogP contribution is -2.44. The average molecular weight is 534 g/mol. The van der Waals surface area contributed by atoms with E-state index in [2.05, 4.69) is 28.4 Å². The highest BCUT2D eigenvalue weighted by Crippen LogP contribution is 2.34. The number of carbonyl (C=O) groups excluding carboxylic acids is 1. The van der Waals surface area contributed by atoms with E-state index in [0.29, 0.717) is 5.56 Å². The molecule has 1 aliphatic carbocycles. The van der Waals surface area contributed by atoms with Gasteiger partial charge in [-0.1, -0.05) is 44.7 Å². The van der Waals surface area contributed by atoms with Crippen LogP contribution in [0.15, 0.2) is 47.5 Å². The van der Waals surface area contributed by atoms with Gasteiger partial charge in [-0.15, -0.1) is 0 Å². The summed E-state index contributed by atoms with van der Waals surface area (Å²) in [6, 6.07) is 9.33. The van der Waals surface area contributed by atoms with E-state index in [-0.39, 0.29) is 35.3 Å². The average Bonchev–Trinajstić information content (AvgIpc) is 3.61. The van der Waals surface area contributed by atoms with E-state index in [1.54, 1.807) is 19.1 Å². The predicted molar refractivity (Wildman–Crippen MR) is 139 cm³/mol. The van der Waals surface area contributed by atoms with Crippen molar-refractivity contribution in [3.63, 3.8) is 0 Å². The molecule has 1 aliphatic heterocycles. The zero-order chi connectivity index (χ0) is 27.3. The maximum absolute atomic E-state index is 14.4. The Morgan fingerprint density at radius 1 is 1.05 bits per heavy atom. The van der Waals surface area contributed by atoms with Gasteiger partial charge in [0.25, 0.3) is 5.91 Å². The molecule has 1 saturated carbocycles. The normalized spacial score (nSPS) is 21.9. The van der Waals surface area contributed by atoms with E-state index in [9.17, 15) is 22.4 Å². The second-order valence-electron chi connectivity index (χ2n) is 10.2. The van der Waals surface area contributed by atoms with Crippen LogP contribution < -0.4 is 21.5 Å². The van der Waals surface area contributed by atoms with Crippen molar-refractivity contribution in [2.24, 2.45) is 10.9 Å². The summed E-state index contributed by atoms with van der Waals surface area (Å²) in [6.45, 7) is 3.88. The molecular formula is C28H35F4N5O. The minimum Gasteiger partial charge on any atom is -0.353 e. The molecule has 1 saturated heterocycles. The van der Waals surface area contributed by atoms with Crippen molar-refractivity contribution in [1.82, 2.24) is 21.5 Å². The smallest absolute Gasteiger partial charge is 0.353 e. The highest BCUT2D eigenvalue weighted by molar-refractivity contribution is 6.05. The lowest BCUT2D eigenvalue weighted by molar-refractivity contribution is -0.137. The number of guanidine groups is 1. The number of aliphatic imine (C=N–C) groups is 1. The van der Waals surface area contributed by atoms with Crippen LogP contribution in [0.2, 0.25) is 0 Å². The van der Waals surface area contributed by atoms with Crippen molar-refractivity contribution in [2.45, 2.75) is 83.2 Å². The number of hydrazine groups is 1. The summed E-state index contributed by atoms with van der Waals surface area (Å²) in [4.78, 5) is 17.7. The molecule has 10 heteroatoms. The first-order chi connectivity index (χ1) is 18.2. The number of unbranched alkanes of at least 4 members (excludes halogenated alkanes) is 3. The Morgan fingerprint density at radius 3 is 2.42 bits per heavy atom. The lowest BCUT2D eigenvalue weighted by atomic mass is 9.88. The van der Waals surface area contributed by atoms with E-state index < -0.39 is 23.8 Å². The quantitative estimate of drug-likeness (QED) is 0.143. The maximum Gasteiger partial charge on any atom is 0.416 e. The Bertz CT molecular complexity index is 1130. The molecule has 0 aromatic heterocycles. The van der Waals surface area contributed by atoms with Gasteiger partial charge >= 0.3 is 6.18 Å². The van der Waals surface area contributed by atoms with Crippen LogP contribution in [-0.2, 0) is 6.18 Å². The Kier molecular flexibility index (Phi) is 9.04. The van der Waals surface area contributed by atoms with Gasteiger partial charge in [-0.05, 0) is 67.6 Å². The number of nitrogens with one attached hydrogen (secondary N) is 4. The van der Waals surface area contributed by atoms with Crippen LogP contribution >= 0.6 is 0 Å². The van der Waals surface area contributed by atoms with Gasteiger partial charge < -0.3 is 5.32 Å². The van der Waals surface area contributed by atoms with Crippen LogP contribution in [0.4, 0.5) is 17.6 Å². The predicted octanol–water partition coefficient (Wildman–Crippen LogP) is 5.75. The Balaban J connectivity index is 1.54. The number of rotatable bonds is 9. The van der Waals surface area contributed by atoms with Crippen LogP contribution in [0.3, 0.4) is 0 Å². The zero-order valence-electron chi connectivity index (χ0n) is 21.7. The first kappa shape index (κ1) is 28.0. The molecule has 2 fully saturated rings. The first-order valence-corrected chi connectivity index (χ1v) is 13.3. The van der Waals surface area contributed by atoms with Crippen LogP contribution in [0.25, 0.3) is 0 Å². The molecule has 3 unspecified atom stereocenters. The Labute approximate surface area is 220 Å². The standard InChI is InChI=1S/C28H35F4N5O/c1-3-4-5-6-7-22-24(19-9-8-17(2)23(29)16-19)36-37-25(22)34-27(33-21-14-15-21)35-26(38)18-10-12-20(13-11-18)28(30,31)32/h8-13,16,21-22,24-25,36-37H,3-7,14-15H2,1-2H3,(H2,33,34,35,38). The van der Waals surface area contributed by atoms with Crippen molar-refractivity contribution < 1.29 is 22.4 Å². The van der Waals surface area contributed by atoms with E-state index >= 15 is 0 Å². The van der Waals surface area contributed by atoms with Crippen molar-refractivity contribution in [3.05, 3.63) is 70.5 Å². The number of carbonyl (C=O) groups is 1. The van der Waals surface area contributed by atoms with Gasteiger partial charge in [0.15, 0.2) is 5.96 Å². The molecule has 38 heavy (non-hydrogen) atoms. The number of benzene rings is 2. The third-order valence-electron chi connectivity index (χ3n) is 7.06. The van der Waals surface area contributed by atoms with Crippen molar-refractivity contribution in [2.75, 3.05) is 0 Å². The van der Waals surface area contributed by atoms with Gasteiger partial charge in [0, 0.05) is 17.5 Å². The van der Waals surface area contributed by atoms with E-state index in [1.165, 1.54) is 0 Å². The summed E-state index contributed by atoms with van der Waals surface area (Å²) in [6.07, 6.45) is 2.16. The van der Waals surface area contributed by atoms with Crippen molar-refractivity contribution in [1.29, 1.82) is 0 Å². The summed E-state index contributed by atoms with van der Waals surface area (Å²) in [5, 5.41) is 5.98. The molecule has 0 spiro atoms. The molecular weight excluding hydrogens is 498 g/mol. The van der Waals surface area contributed by atoms with Gasteiger partial charge in [-0.3, -0.25) is 10.1 Å². The van der Waals surface area contributed by atoms with Crippen molar-refractivity contribution >= 4 is 11.9 Å². The molecule has 2 aliphatic rings. The number of nitrogens with zero attached hydrogens (tertiary/aromatic N) is 1. The molecule has 206 valence electrons. The highest BCUT2D eigenvalue weighted by Gasteiger charge is 2.37. The fraction of sp³-hybridized carbons (Fsp3) is 0.500. The minimum atomic E-state index is -4.47. The molecule has 4 N–H and O–H groups in total. The summed E-state index contributed by atoms with van der Waals surface area (Å²) >= 11 is 0. The summed E-state index contributed by atoms with van der Waals surface area (Å²) in [7, 11) is 0. The van der Waals surface area contributed by atoms with Gasteiger partial charge in [0.2, 0.25) is 0 Å². The molecule has 0 radical (unpaired) electrons. The number of amides is 1. The molecule has 6 nitrogen and oxygen atoms in total. The van der Waals surface area contributed by atoms with E-state index in [4.69, 9.17) is 4.99 Å². The first-order valence-electron chi connectivity index (χ1n) is 13.3. The second-order valence-corrected chi connectivity index (χ2v) is 10.2. The topological polar surface area (TPSA) is 77.5 Å². The Hall–Kier alpha value is -2.98. The fourth-order valence-electron chi connectivity index (χ4n) is 4.62. The SMILES string of the molecule is CCCCCCC1C(N=C(NC(=O)c2ccc(C(F)(F)F)cc2)NC2CC2)NNC1c1ccc(C)c(F)c1. The molecule has 2 aromatic carbocycles. The summed E-state index contributed by atoms with van der Waals surface area (Å²) in [5.74, 6) is -0.548. The van der Waals surface area contributed by atoms with Crippen LogP contribution in [-0.4, -0.2) is 24.1 Å². The van der Waals surface area contributed by atoms with Gasteiger partial charge in [0.1, 0.15) is 12.0 Å². The van der Waals surface area contributed by atoms with Crippen molar-refractivity contribution in [3.8, 4) is 0 Å². The third kappa shape index (κ3) is 7.32. The molecule has 1 heterocycles. The van der Waals surface area contributed by atoms with Crippen LogP contribution in [0, 0.1) is 18.7 Å². The molecule has 4 rings (SSSR count). The maximum atomic E-state index is 14.4.